The molecule has 4 heteroatoms. The van der Waals surface area contributed by atoms with E-state index < -0.39 is 11.6 Å². The van der Waals surface area contributed by atoms with Crippen LogP contribution in [0.3, 0.4) is 0 Å². The van der Waals surface area contributed by atoms with Crippen LogP contribution < -0.4 is 0 Å². The predicted octanol–water partition coefficient (Wildman–Crippen LogP) is 3.19. The van der Waals surface area contributed by atoms with Crippen LogP contribution >= 0.6 is 0 Å². The van der Waals surface area contributed by atoms with E-state index in [0.717, 1.165) is 25.7 Å². The van der Waals surface area contributed by atoms with Crippen LogP contribution in [0.25, 0.3) is 0 Å². The summed E-state index contributed by atoms with van der Waals surface area (Å²) in [6.45, 7) is 0. The van der Waals surface area contributed by atoms with E-state index >= 15 is 0 Å². The molecule has 4 fully saturated rings. The van der Waals surface area contributed by atoms with Crippen molar-refractivity contribution >= 4 is 0 Å². The summed E-state index contributed by atoms with van der Waals surface area (Å²) in [7, 11) is 0. The molecule has 1 N–H and O–H groups in total. The fourth-order valence-electron chi connectivity index (χ4n) is 5.69. The second-order valence-corrected chi connectivity index (χ2v) is 7.26. The maximum atomic E-state index is 12.1. The SMILES string of the molecule is O=[N+]([O-])C1(C(O)c2ccccc2)C2CC3CC(C2)CC1C3. The van der Waals surface area contributed by atoms with Crippen molar-refractivity contribution in [2.75, 3.05) is 0 Å². The maximum Gasteiger partial charge on any atom is 0.257 e. The molecule has 4 nitrogen and oxygen atoms in total. The van der Waals surface area contributed by atoms with Gasteiger partial charge < -0.3 is 5.11 Å². The van der Waals surface area contributed by atoms with Crippen molar-refractivity contribution in [3.63, 3.8) is 0 Å². The molecule has 0 amide bonds. The summed E-state index contributed by atoms with van der Waals surface area (Å²) >= 11 is 0. The number of hydrogen-bond donors (Lipinski definition) is 1. The lowest BCUT2D eigenvalue weighted by atomic mass is 9.47. The normalized spacial score (nSPS) is 42.0. The van der Waals surface area contributed by atoms with Crippen LogP contribution in [-0.2, 0) is 0 Å². The van der Waals surface area contributed by atoms with Crippen molar-refractivity contribution < 1.29 is 10.0 Å². The molecule has 1 aromatic rings. The molecule has 0 radical (unpaired) electrons. The molecule has 1 aromatic carbocycles. The second kappa shape index (κ2) is 4.54. The summed E-state index contributed by atoms with van der Waals surface area (Å²) in [5.74, 6) is 1.39. The molecular formula is C17H21NO3. The second-order valence-electron chi connectivity index (χ2n) is 7.26. The smallest absolute Gasteiger partial charge is 0.257 e. The van der Waals surface area contributed by atoms with Gasteiger partial charge in [-0.2, -0.15) is 0 Å². The van der Waals surface area contributed by atoms with Gasteiger partial charge in [0.2, 0.25) is 0 Å². The van der Waals surface area contributed by atoms with Gasteiger partial charge in [0.05, 0.1) is 0 Å². The number of aliphatic hydroxyl groups excluding tert-OH is 1. The first kappa shape index (κ1) is 13.3. The van der Waals surface area contributed by atoms with Crippen LogP contribution in [0.5, 0.6) is 0 Å². The van der Waals surface area contributed by atoms with Crippen LogP contribution in [0.1, 0.15) is 43.8 Å². The van der Waals surface area contributed by atoms with Gasteiger partial charge >= 0.3 is 0 Å². The van der Waals surface area contributed by atoms with Gasteiger partial charge in [0.1, 0.15) is 6.10 Å². The quantitative estimate of drug-likeness (QED) is 0.686. The number of rotatable bonds is 3. The van der Waals surface area contributed by atoms with Crippen molar-refractivity contribution in [1.29, 1.82) is 0 Å². The van der Waals surface area contributed by atoms with Crippen molar-refractivity contribution in [3.8, 4) is 0 Å². The fraction of sp³-hybridized carbons (Fsp3) is 0.647. The summed E-state index contributed by atoms with van der Waals surface area (Å²) in [5.41, 5.74) is -0.462. The van der Waals surface area contributed by atoms with E-state index in [4.69, 9.17) is 0 Å². The van der Waals surface area contributed by atoms with Crippen LogP contribution in [0.15, 0.2) is 30.3 Å². The van der Waals surface area contributed by atoms with Crippen LogP contribution in [0.2, 0.25) is 0 Å². The molecule has 21 heavy (non-hydrogen) atoms. The lowest BCUT2D eigenvalue weighted by Crippen LogP contribution is -2.64. The number of hydrogen-bond acceptors (Lipinski definition) is 3. The van der Waals surface area contributed by atoms with Crippen LogP contribution in [0.4, 0.5) is 0 Å². The van der Waals surface area contributed by atoms with Gasteiger partial charge in [-0.05, 0) is 49.5 Å². The molecule has 1 atom stereocenters. The van der Waals surface area contributed by atoms with E-state index in [1.54, 1.807) is 0 Å². The topological polar surface area (TPSA) is 63.4 Å². The first-order chi connectivity index (χ1) is 10.1. The molecule has 1 unspecified atom stereocenters. The molecule has 4 saturated carbocycles. The highest BCUT2D eigenvalue weighted by atomic mass is 16.6. The number of nitro groups is 1. The minimum Gasteiger partial charge on any atom is -0.381 e. The molecule has 4 aliphatic rings. The van der Waals surface area contributed by atoms with Crippen LogP contribution in [0, 0.1) is 33.8 Å². The van der Waals surface area contributed by atoms with Crippen molar-refractivity contribution in [2.24, 2.45) is 23.7 Å². The lowest BCUT2D eigenvalue weighted by molar-refractivity contribution is -0.618. The third-order valence-corrected chi connectivity index (χ3v) is 6.32. The van der Waals surface area contributed by atoms with Gasteiger partial charge in [0.25, 0.3) is 5.54 Å². The summed E-state index contributed by atoms with van der Waals surface area (Å²) in [6.07, 6.45) is 3.98. The Morgan fingerprint density at radius 2 is 1.57 bits per heavy atom. The minimum atomic E-state index is -1.16. The zero-order chi connectivity index (χ0) is 14.6. The van der Waals surface area contributed by atoms with Gasteiger partial charge in [-0.3, -0.25) is 10.1 Å². The third-order valence-electron chi connectivity index (χ3n) is 6.32. The maximum absolute atomic E-state index is 12.1. The van der Waals surface area contributed by atoms with E-state index in [9.17, 15) is 15.2 Å². The fourth-order valence-corrected chi connectivity index (χ4v) is 5.69. The summed E-state index contributed by atoms with van der Waals surface area (Å²) < 4.78 is 0. The van der Waals surface area contributed by atoms with Crippen molar-refractivity contribution in [3.05, 3.63) is 46.0 Å². The average molecular weight is 287 g/mol. The Morgan fingerprint density at radius 1 is 1.05 bits per heavy atom. The van der Waals surface area contributed by atoms with Crippen LogP contribution in [-0.4, -0.2) is 15.6 Å². The van der Waals surface area contributed by atoms with Gasteiger partial charge in [0, 0.05) is 16.8 Å². The standard InChI is InChI=1S/C17H21NO3/c19-16(13-4-2-1-3-5-13)17(18(20)21)14-7-11-6-12(9-14)10-15(17)8-11/h1-5,11-12,14-16,19H,6-10H2. The van der Waals surface area contributed by atoms with E-state index in [1.165, 1.54) is 6.42 Å². The molecule has 4 aliphatic carbocycles. The number of aliphatic hydroxyl groups is 1. The first-order valence-electron chi connectivity index (χ1n) is 7.99. The van der Waals surface area contributed by atoms with Gasteiger partial charge in [-0.1, -0.05) is 30.3 Å². The molecule has 0 aromatic heterocycles. The third kappa shape index (κ3) is 1.71. The molecule has 112 valence electrons. The van der Waals surface area contributed by atoms with Gasteiger partial charge in [0.15, 0.2) is 0 Å². The summed E-state index contributed by atoms with van der Waals surface area (Å²) in [4.78, 5) is 11.9. The molecular weight excluding hydrogens is 266 g/mol. The highest BCUT2D eigenvalue weighted by Crippen LogP contribution is 2.62. The summed E-state index contributed by atoms with van der Waals surface area (Å²) in [6, 6.07) is 9.22. The van der Waals surface area contributed by atoms with Crippen molar-refractivity contribution in [1.82, 2.24) is 0 Å². The van der Waals surface area contributed by atoms with Gasteiger partial charge in [-0.25, -0.2) is 0 Å². The van der Waals surface area contributed by atoms with Crippen molar-refractivity contribution in [2.45, 2.75) is 43.7 Å². The average Bonchev–Trinajstić information content (AvgIpc) is 2.47. The molecule has 5 rings (SSSR count). The zero-order valence-corrected chi connectivity index (χ0v) is 12.0. The van der Waals surface area contributed by atoms with E-state index in [2.05, 4.69) is 0 Å². The Kier molecular flexibility index (Phi) is 2.86. The predicted molar refractivity (Wildman–Crippen MR) is 78.2 cm³/mol. The Hall–Kier alpha value is -1.42. The highest BCUT2D eigenvalue weighted by Gasteiger charge is 2.68. The molecule has 0 aliphatic heterocycles. The first-order valence-corrected chi connectivity index (χ1v) is 7.99. The Morgan fingerprint density at radius 3 is 2.05 bits per heavy atom. The largest absolute Gasteiger partial charge is 0.381 e. The highest BCUT2D eigenvalue weighted by molar-refractivity contribution is 5.24. The molecule has 4 bridgehead atoms. The summed E-state index contributed by atoms with van der Waals surface area (Å²) in [5, 5.41) is 23.0. The monoisotopic (exact) mass is 287 g/mol. The minimum absolute atomic E-state index is 0.0407. The molecule has 0 heterocycles. The molecule has 0 spiro atoms. The Balaban J connectivity index is 1.79. The van der Waals surface area contributed by atoms with E-state index in [0.29, 0.717) is 17.4 Å². The Bertz CT molecular complexity index is 528. The molecule has 0 saturated heterocycles. The number of nitrogens with zero attached hydrogens (tertiary/aromatic N) is 1. The lowest BCUT2D eigenvalue weighted by Gasteiger charge is -2.57. The Labute approximate surface area is 124 Å². The van der Waals surface area contributed by atoms with E-state index in [1.807, 2.05) is 30.3 Å². The van der Waals surface area contributed by atoms with E-state index in [-0.39, 0.29) is 16.8 Å². The number of benzene rings is 1. The van der Waals surface area contributed by atoms with Gasteiger partial charge in [-0.15, -0.1) is 0 Å². The zero-order valence-electron chi connectivity index (χ0n) is 12.0.